The summed E-state index contributed by atoms with van der Waals surface area (Å²) >= 11 is 3.17. The summed E-state index contributed by atoms with van der Waals surface area (Å²) in [5, 5.41) is 1.33. The van der Waals surface area contributed by atoms with Gasteiger partial charge in [0.25, 0.3) is 5.56 Å². The van der Waals surface area contributed by atoms with Crippen LogP contribution in [0, 0.1) is 0 Å². The summed E-state index contributed by atoms with van der Waals surface area (Å²) < 4.78 is 1.22. The van der Waals surface area contributed by atoms with E-state index in [4.69, 9.17) is 5.84 Å². The smallest absolute Gasteiger partial charge is 0.281 e. The third kappa shape index (κ3) is 2.66. The molecule has 1 aromatic carbocycles. The molecule has 23 heavy (non-hydrogen) atoms. The van der Waals surface area contributed by atoms with Gasteiger partial charge in [-0.3, -0.25) is 4.79 Å². The molecule has 2 N–H and O–H groups in total. The van der Waals surface area contributed by atoms with Crippen molar-refractivity contribution in [3.05, 3.63) is 56.7 Å². The molecule has 4 rings (SSSR count). The Morgan fingerprint density at radius 2 is 2.00 bits per heavy atom. The van der Waals surface area contributed by atoms with Crippen LogP contribution in [0.25, 0.3) is 10.2 Å². The van der Waals surface area contributed by atoms with Crippen LogP contribution in [0.1, 0.15) is 28.8 Å². The van der Waals surface area contributed by atoms with Crippen LogP contribution in [0.5, 0.6) is 0 Å². The number of benzene rings is 1. The zero-order valence-corrected chi connectivity index (χ0v) is 14.3. The lowest BCUT2D eigenvalue weighted by molar-refractivity contribution is 0.698. The highest BCUT2D eigenvalue weighted by Crippen LogP contribution is 2.34. The maximum Gasteiger partial charge on any atom is 0.281 e. The molecule has 0 saturated carbocycles. The Balaban J connectivity index is 1.73. The first-order valence-corrected chi connectivity index (χ1v) is 9.53. The van der Waals surface area contributed by atoms with Gasteiger partial charge < -0.3 is 5.84 Å². The fourth-order valence-corrected chi connectivity index (χ4v) is 5.20. The summed E-state index contributed by atoms with van der Waals surface area (Å²) in [6.07, 6.45) is 4.38. The molecule has 0 radical (unpaired) electrons. The van der Waals surface area contributed by atoms with E-state index in [9.17, 15) is 4.79 Å². The van der Waals surface area contributed by atoms with Crippen LogP contribution in [0.3, 0.4) is 0 Å². The molecule has 0 spiro atoms. The fourth-order valence-electron chi connectivity index (χ4n) is 3.02. The lowest BCUT2D eigenvalue weighted by atomic mass is 9.97. The number of aryl methyl sites for hydroxylation is 2. The Labute approximate surface area is 142 Å². The van der Waals surface area contributed by atoms with Gasteiger partial charge in [-0.15, -0.1) is 11.3 Å². The molecule has 0 amide bonds. The molecule has 118 valence electrons. The number of nitrogens with zero attached hydrogens (tertiary/aromatic N) is 2. The van der Waals surface area contributed by atoms with E-state index in [1.165, 1.54) is 38.9 Å². The number of aromatic nitrogens is 2. The summed E-state index contributed by atoms with van der Waals surface area (Å²) in [4.78, 5) is 19.5. The van der Waals surface area contributed by atoms with Gasteiger partial charge in [-0.1, -0.05) is 42.1 Å². The average Bonchev–Trinajstić information content (AvgIpc) is 2.96. The first-order chi connectivity index (χ1) is 11.2. The topological polar surface area (TPSA) is 60.9 Å². The maximum atomic E-state index is 12.7. The minimum Gasteiger partial charge on any atom is -0.334 e. The van der Waals surface area contributed by atoms with E-state index in [0.717, 1.165) is 35.2 Å². The van der Waals surface area contributed by atoms with Crippen molar-refractivity contribution in [3.63, 3.8) is 0 Å². The Bertz CT molecular complexity index is 915. The zero-order valence-electron chi connectivity index (χ0n) is 12.6. The van der Waals surface area contributed by atoms with Crippen molar-refractivity contribution >= 4 is 33.3 Å². The standard InChI is InChI=1S/C17H17N3OS2/c18-20-16(21)14-12-8-4-5-9-13(12)23-15(14)19-17(20)22-10-11-6-2-1-3-7-11/h1-3,6-7H,4-5,8-10,18H2. The second-order valence-electron chi connectivity index (χ2n) is 5.73. The summed E-state index contributed by atoms with van der Waals surface area (Å²) in [6.45, 7) is 0. The predicted octanol–water partition coefficient (Wildman–Crippen LogP) is 3.34. The van der Waals surface area contributed by atoms with Gasteiger partial charge in [0.1, 0.15) is 4.83 Å². The van der Waals surface area contributed by atoms with Crippen LogP contribution >= 0.6 is 23.1 Å². The Kier molecular flexibility index (Phi) is 3.87. The molecule has 0 saturated heterocycles. The molecule has 0 fully saturated rings. The van der Waals surface area contributed by atoms with Crippen LogP contribution < -0.4 is 11.4 Å². The number of nitrogen functional groups attached to an aromatic ring is 1. The van der Waals surface area contributed by atoms with Gasteiger partial charge in [0.2, 0.25) is 0 Å². The maximum absolute atomic E-state index is 12.7. The molecule has 2 heterocycles. The van der Waals surface area contributed by atoms with Crippen molar-refractivity contribution in [2.75, 3.05) is 5.84 Å². The van der Waals surface area contributed by atoms with Crippen molar-refractivity contribution in [2.24, 2.45) is 0 Å². The highest BCUT2D eigenvalue weighted by molar-refractivity contribution is 7.98. The van der Waals surface area contributed by atoms with Crippen molar-refractivity contribution < 1.29 is 0 Å². The molecule has 2 aromatic heterocycles. The van der Waals surface area contributed by atoms with Gasteiger partial charge in [-0.2, -0.15) is 0 Å². The molecule has 3 aromatic rings. The Morgan fingerprint density at radius 3 is 2.83 bits per heavy atom. The van der Waals surface area contributed by atoms with Crippen LogP contribution in [0.2, 0.25) is 0 Å². The highest BCUT2D eigenvalue weighted by atomic mass is 32.2. The number of thiophene rings is 1. The lowest BCUT2D eigenvalue weighted by Gasteiger charge is -2.10. The lowest BCUT2D eigenvalue weighted by Crippen LogP contribution is -2.30. The van der Waals surface area contributed by atoms with Gasteiger partial charge in [-0.25, -0.2) is 9.66 Å². The van der Waals surface area contributed by atoms with Crippen molar-refractivity contribution in [1.82, 2.24) is 9.66 Å². The fraction of sp³-hybridized carbons (Fsp3) is 0.294. The molecular formula is C17H17N3OS2. The van der Waals surface area contributed by atoms with Crippen molar-refractivity contribution in [3.8, 4) is 0 Å². The van der Waals surface area contributed by atoms with Crippen LogP contribution in [0.15, 0.2) is 40.3 Å². The number of nitrogens with two attached hydrogens (primary N) is 1. The molecule has 1 aliphatic rings. The average molecular weight is 343 g/mol. The van der Waals surface area contributed by atoms with Gasteiger partial charge in [0.05, 0.1) is 5.39 Å². The normalized spacial score (nSPS) is 14.1. The van der Waals surface area contributed by atoms with Crippen molar-refractivity contribution in [1.29, 1.82) is 0 Å². The SMILES string of the molecule is Nn1c(SCc2ccccc2)nc2sc3c(c2c1=O)CCCC3. The third-order valence-electron chi connectivity index (χ3n) is 4.20. The predicted molar refractivity (Wildman–Crippen MR) is 96.7 cm³/mol. The summed E-state index contributed by atoms with van der Waals surface area (Å²) in [5.41, 5.74) is 2.27. The van der Waals surface area contributed by atoms with E-state index >= 15 is 0 Å². The molecule has 0 aliphatic heterocycles. The van der Waals surface area contributed by atoms with Crippen LogP contribution in [-0.2, 0) is 18.6 Å². The Morgan fingerprint density at radius 1 is 1.22 bits per heavy atom. The first kappa shape index (κ1) is 14.8. The minimum atomic E-state index is -0.107. The van der Waals surface area contributed by atoms with E-state index in [2.05, 4.69) is 17.1 Å². The molecule has 1 aliphatic carbocycles. The summed E-state index contributed by atoms with van der Waals surface area (Å²) in [6, 6.07) is 10.1. The van der Waals surface area contributed by atoms with Crippen LogP contribution in [0.4, 0.5) is 0 Å². The highest BCUT2D eigenvalue weighted by Gasteiger charge is 2.21. The second kappa shape index (κ2) is 6.02. The largest absolute Gasteiger partial charge is 0.334 e. The van der Waals surface area contributed by atoms with Gasteiger partial charge >= 0.3 is 0 Å². The van der Waals surface area contributed by atoms with Gasteiger partial charge in [0.15, 0.2) is 5.16 Å². The van der Waals surface area contributed by atoms with E-state index in [1.807, 2.05) is 18.2 Å². The molecule has 0 bridgehead atoms. The van der Waals surface area contributed by atoms with Gasteiger partial charge in [-0.05, 0) is 36.8 Å². The quantitative estimate of drug-likeness (QED) is 0.450. The molecular weight excluding hydrogens is 326 g/mol. The van der Waals surface area contributed by atoms with Gasteiger partial charge in [0, 0.05) is 10.6 Å². The molecule has 4 nitrogen and oxygen atoms in total. The molecule has 6 heteroatoms. The number of fused-ring (bicyclic) bond motifs is 3. The van der Waals surface area contributed by atoms with Crippen LogP contribution in [-0.4, -0.2) is 9.66 Å². The van der Waals surface area contributed by atoms with E-state index in [1.54, 1.807) is 11.3 Å². The summed E-state index contributed by atoms with van der Waals surface area (Å²) in [5.74, 6) is 6.78. The Hall–Kier alpha value is -1.79. The second-order valence-corrected chi connectivity index (χ2v) is 7.76. The van der Waals surface area contributed by atoms with E-state index < -0.39 is 0 Å². The third-order valence-corrected chi connectivity index (χ3v) is 6.41. The number of thioether (sulfide) groups is 1. The monoisotopic (exact) mass is 343 g/mol. The molecule has 0 unspecified atom stereocenters. The number of rotatable bonds is 3. The first-order valence-electron chi connectivity index (χ1n) is 7.73. The number of hydrogen-bond donors (Lipinski definition) is 1. The van der Waals surface area contributed by atoms with E-state index in [0.29, 0.717) is 5.16 Å². The molecule has 0 atom stereocenters. The minimum absolute atomic E-state index is 0.107. The van der Waals surface area contributed by atoms with E-state index in [-0.39, 0.29) is 5.56 Å². The zero-order chi connectivity index (χ0) is 15.8. The number of hydrogen-bond acceptors (Lipinski definition) is 5. The van der Waals surface area contributed by atoms with Crippen molar-refractivity contribution in [2.45, 2.75) is 36.6 Å². The summed E-state index contributed by atoms with van der Waals surface area (Å²) in [7, 11) is 0.